The lowest BCUT2D eigenvalue weighted by Gasteiger charge is -2.37. The van der Waals surface area contributed by atoms with Crippen molar-refractivity contribution in [3.05, 3.63) is 59.0 Å². The van der Waals surface area contributed by atoms with E-state index in [4.69, 9.17) is 9.47 Å². The van der Waals surface area contributed by atoms with Gasteiger partial charge in [-0.2, -0.15) is 8.42 Å². The summed E-state index contributed by atoms with van der Waals surface area (Å²) < 4.78 is 38.5. The van der Waals surface area contributed by atoms with Crippen molar-refractivity contribution in [1.82, 2.24) is 4.98 Å². The number of nitrogens with zero attached hydrogens (tertiary/aromatic N) is 1. The Balaban J connectivity index is 1.46. The van der Waals surface area contributed by atoms with E-state index < -0.39 is 16.0 Å². The Morgan fingerprint density at radius 2 is 1.70 bits per heavy atom. The second kappa shape index (κ2) is 10.8. The van der Waals surface area contributed by atoms with Gasteiger partial charge < -0.3 is 9.47 Å². The van der Waals surface area contributed by atoms with E-state index in [1.165, 1.54) is 80.4 Å². The molecule has 1 saturated carbocycles. The van der Waals surface area contributed by atoms with E-state index >= 15 is 0 Å². The monoisotopic (exact) mass is 542 g/mol. The van der Waals surface area contributed by atoms with Crippen molar-refractivity contribution < 1.29 is 22.7 Å². The average molecular weight is 543 g/mol. The lowest BCUT2D eigenvalue weighted by Crippen LogP contribution is -2.25. The number of esters is 1. The van der Waals surface area contributed by atoms with Gasteiger partial charge in [-0.15, -0.1) is 11.3 Å². The Kier molecular flexibility index (Phi) is 7.94. The Morgan fingerprint density at radius 1 is 1.03 bits per heavy atom. The first-order chi connectivity index (χ1) is 17.5. The maximum absolute atomic E-state index is 13.0. The second-order valence-corrected chi connectivity index (χ2v) is 13.0. The van der Waals surface area contributed by atoms with Crippen molar-refractivity contribution in [3.63, 3.8) is 0 Å². The van der Waals surface area contributed by atoms with Gasteiger partial charge in [0.25, 0.3) is 10.0 Å². The molecule has 0 saturated heterocycles. The number of carbonyl (C=O) groups excluding carboxylic acids is 1. The van der Waals surface area contributed by atoms with E-state index in [-0.39, 0.29) is 22.0 Å². The number of hydrogen-bond donors (Lipinski definition) is 1. The van der Waals surface area contributed by atoms with Gasteiger partial charge in [-0.05, 0) is 66.7 Å². The first-order valence-electron chi connectivity index (χ1n) is 12.4. The summed E-state index contributed by atoms with van der Waals surface area (Å²) in [5.41, 5.74) is 3.05. The number of anilines is 1. The zero-order valence-corrected chi connectivity index (χ0v) is 23.5. The number of rotatable bonds is 7. The van der Waals surface area contributed by atoms with Crippen molar-refractivity contribution in [2.75, 3.05) is 18.9 Å². The van der Waals surface area contributed by atoms with Crippen LogP contribution in [0.15, 0.2) is 52.9 Å². The van der Waals surface area contributed by atoms with Crippen molar-refractivity contribution in [2.24, 2.45) is 11.3 Å². The van der Waals surface area contributed by atoms with Crippen LogP contribution in [0.25, 0.3) is 10.6 Å². The molecule has 198 valence electrons. The normalized spacial score (nSPS) is 18.3. The highest BCUT2D eigenvalue weighted by Gasteiger charge is 2.30. The van der Waals surface area contributed by atoms with Crippen LogP contribution in [0.2, 0.25) is 0 Å². The third-order valence-electron chi connectivity index (χ3n) is 7.21. The molecule has 0 amide bonds. The molecule has 0 spiro atoms. The molecule has 3 aromatic rings. The van der Waals surface area contributed by atoms with Gasteiger partial charge in [-0.25, -0.2) is 9.78 Å². The molecule has 1 aliphatic carbocycles. The van der Waals surface area contributed by atoms with Crippen LogP contribution in [0, 0.1) is 11.3 Å². The fourth-order valence-electron chi connectivity index (χ4n) is 4.92. The molecule has 0 bridgehead atoms. The summed E-state index contributed by atoms with van der Waals surface area (Å²) in [6.07, 6.45) is 4.92. The van der Waals surface area contributed by atoms with Crippen LogP contribution >= 0.6 is 11.3 Å². The molecule has 9 heteroatoms. The van der Waals surface area contributed by atoms with Crippen LogP contribution in [-0.4, -0.2) is 33.6 Å². The first kappa shape index (κ1) is 27.1. The maximum Gasteiger partial charge on any atom is 0.337 e. The molecular weight excluding hydrogens is 508 g/mol. The quantitative estimate of drug-likeness (QED) is 0.333. The van der Waals surface area contributed by atoms with E-state index in [1.54, 1.807) is 0 Å². The standard InChI is InChI=1S/C28H34N2O5S2/c1-28(2,3)22-13-10-19(11-14-22)18-6-8-20(9-7-18)26-29-25(17-36-26)37(32,33)30-23-15-12-21(27(31)35-5)16-24(23)34-4/h6-9,12,15-17,19,22,30H,10-11,13-14H2,1-5H3. The number of ether oxygens (including phenoxy) is 2. The molecule has 1 N–H and O–H groups in total. The number of aromatic nitrogens is 1. The Hall–Kier alpha value is -2.91. The van der Waals surface area contributed by atoms with Crippen LogP contribution in [-0.2, 0) is 14.8 Å². The van der Waals surface area contributed by atoms with Gasteiger partial charge >= 0.3 is 5.97 Å². The van der Waals surface area contributed by atoms with Crippen LogP contribution in [0.1, 0.15) is 68.3 Å². The van der Waals surface area contributed by atoms with Gasteiger partial charge in [0.2, 0.25) is 0 Å². The van der Waals surface area contributed by atoms with Crippen molar-refractivity contribution in [1.29, 1.82) is 0 Å². The van der Waals surface area contributed by atoms with E-state index in [0.29, 0.717) is 16.3 Å². The van der Waals surface area contributed by atoms with Gasteiger partial charge in [-0.1, -0.05) is 45.0 Å². The fourth-order valence-corrected chi connectivity index (χ4v) is 7.09. The summed E-state index contributed by atoms with van der Waals surface area (Å²) in [5, 5.41) is 2.09. The number of nitrogens with one attached hydrogen (secondary N) is 1. The molecule has 0 radical (unpaired) electrons. The predicted molar refractivity (Wildman–Crippen MR) is 147 cm³/mol. The SMILES string of the molecule is COC(=O)c1ccc(NS(=O)(=O)c2csc(-c3ccc(C4CCC(C(C)(C)C)CC4)cc3)n2)c(OC)c1. The summed E-state index contributed by atoms with van der Waals surface area (Å²) in [4.78, 5) is 16.2. The van der Waals surface area contributed by atoms with E-state index in [9.17, 15) is 13.2 Å². The molecular formula is C28H34N2O5S2. The summed E-state index contributed by atoms with van der Waals surface area (Å²) in [6, 6.07) is 12.7. The van der Waals surface area contributed by atoms with Crippen LogP contribution in [0.5, 0.6) is 5.75 Å². The lowest BCUT2D eigenvalue weighted by molar-refractivity contribution is 0.0600. The van der Waals surface area contributed by atoms with Crippen molar-refractivity contribution >= 4 is 33.0 Å². The summed E-state index contributed by atoms with van der Waals surface area (Å²) >= 11 is 1.28. The Morgan fingerprint density at radius 3 is 2.30 bits per heavy atom. The lowest BCUT2D eigenvalue weighted by atomic mass is 9.69. The zero-order valence-electron chi connectivity index (χ0n) is 21.9. The minimum atomic E-state index is -3.96. The molecule has 7 nitrogen and oxygen atoms in total. The first-order valence-corrected chi connectivity index (χ1v) is 14.7. The average Bonchev–Trinajstić information content (AvgIpc) is 3.39. The van der Waals surface area contributed by atoms with Gasteiger partial charge in [0.15, 0.2) is 5.03 Å². The molecule has 0 aliphatic heterocycles. The minimum Gasteiger partial charge on any atom is -0.495 e. The second-order valence-electron chi connectivity index (χ2n) is 10.5. The summed E-state index contributed by atoms with van der Waals surface area (Å²) in [5.74, 6) is 1.01. The minimum absolute atomic E-state index is 0.0730. The van der Waals surface area contributed by atoms with Gasteiger partial charge in [0.1, 0.15) is 10.8 Å². The van der Waals surface area contributed by atoms with Crippen LogP contribution in [0.3, 0.4) is 0 Å². The predicted octanol–water partition coefficient (Wildman–Crippen LogP) is 6.73. The summed E-state index contributed by atoms with van der Waals surface area (Å²) in [6.45, 7) is 7.01. The molecule has 1 fully saturated rings. The molecule has 2 aromatic carbocycles. The zero-order chi connectivity index (χ0) is 26.8. The maximum atomic E-state index is 13.0. The molecule has 1 heterocycles. The topological polar surface area (TPSA) is 94.6 Å². The number of sulfonamides is 1. The highest BCUT2D eigenvalue weighted by atomic mass is 32.2. The highest BCUT2D eigenvalue weighted by Crippen LogP contribution is 2.43. The van der Waals surface area contributed by atoms with E-state index in [1.807, 2.05) is 12.1 Å². The van der Waals surface area contributed by atoms with Crippen molar-refractivity contribution in [2.45, 2.75) is 57.4 Å². The number of methoxy groups -OCH3 is 2. The molecule has 0 atom stereocenters. The smallest absolute Gasteiger partial charge is 0.337 e. The molecule has 1 aromatic heterocycles. The largest absolute Gasteiger partial charge is 0.495 e. The number of carbonyl (C=O) groups is 1. The Bertz CT molecular complexity index is 1350. The third kappa shape index (κ3) is 6.15. The molecule has 4 rings (SSSR count). The fraction of sp³-hybridized carbons (Fsp3) is 0.429. The number of hydrogen-bond acceptors (Lipinski definition) is 7. The molecule has 37 heavy (non-hydrogen) atoms. The van der Waals surface area contributed by atoms with Gasteiger partial charge in [0.05, 0.1) is 25.5 Å². The highest BCUT2D eigenvalue weighted by molar-refractivity contribution is 7.92. The van der Waals surface area contributed by atoms with Crippen molar-refractivity contribution in [3.8, 4) is 16.3 Å². The number of benzene rings is 2. The van der Waals surface area contributed by atoms with E-state index in [0.717, 1.165) is 11.5 Å². The Labute approximate surface area is 223 Å². The van der Waals surface area contributed by atoms with Gasteiger partial charge in [-0.3, -0.25) is 4.72 Å². The molecule has 0 unspecified atom stereocenters. The summed E-state index contributed by atoms with van der Waals surface area (Å²) in [7, 11) is -1.29. The third-order valence-corrected chi connectivity index (χ3v) is 9.50. The van der Waals surface area contributed by atoms with Crippen LogP contribution in [0.4, 0.5) is 5.69 Å². The molecule has 1 aliphatic rings. The van der Waals surface area contributed by atoms with E-state index in [2.05, 4.69) is 42.6 Å². The van der Waals surface area contributed by atoms with Gasteiger partial charge in [0, 0.05) is 10.9 Å². The van der Waals surface area contributed by atoms with Crippen LogP contribution < -0.4 is 9.46 Å². The number of thiazole rings is 1.